The highest BCUT2D eigenvalue weighted by molar-refractivity contribution is 6.34. The van der Waals surface area contributed by atoms with Crippen molar-refractivity contribution in [2.45, 2.75) is 0 Å². The number of nitro benzene ring substituents is 1. The van der Waals surface area contributed by atoms with Crippen LogP contribution in [0, 0.1) is 10.1 Å². The number of halogens is 2. The molecule has 0 spiro atoms. The summed E-state index contributed by atoms with van der Waals surface area (Å²) in [7, 11) is 1.67. The highest BCUT2D eigenvalue weighted by Crippen LogP contribution is 2.32. The second kappa shape index (κ2) is 5.98. The molecule has 2 aromatic rings. The number of hydrogen-bond acceptors (Lipinski definition) is 4. The number of nitrogens with zero attached hydrogens (tertiary/aromatic N) is 1. The average molecular weight is 313 g/mol. The lowest BCUT2D eigenvalue weighted by molar-refractivity contribution is -0.384. The molecule has 0 bridgehead atoms. The van der Waals surface area contributed by atoms with Gasteiger partial charge in [-0.2, -0.15) is 0 Å². The van der Waals surface area contributed by atoms with Crippen LogP contribution in [0.25, 0.3) is 0 Å². The van der Waals surface area contributed by atoms with E-state index in [4.69, 9.17) is 27.9 Å². The minimum Gasteiger partial charge on any atom is -0.457 e. The third-order valence-electron chi connectivity index (χ3n) is 2.46. The Morgan fingerprint density at radius 3 is 2.20 bits per heavy atom. The smallest absolute Gasteiger partial charge is 0.275 e. The molecule has 7 heteroatoms. The van der Waals surface area contributed by atoms with Crippen molar-refractivity contribution < 1.29 is 9.66 Å². The highest BCUT2D eigenvalue weighted by atomic mass is 35.5. The van der Waals surface area contributed by atoms with E-state index in [1.807, 2.05) is 0 Å². The molecular weight excluding hydrogens is 303 g/mol. The standard InChI is InChI=1S/C13H10Cl2N2O3/c1-16-10-5-11(17(18)19)7-13(6-10)20-12-3-8(14)2-9(15)4-12/h2-7,16H,1H3. The molecule has 20 heavy (non-hydrogen) atoms. The van der Waals surface area contributed by atoms with Crippen LogP contribution in [0.2, 0.25) is 10.0 Å². The molecule has 0 aliphatic carbocycles. The SMILES string of the molecule is CNc1cc(Oc2cc(Cl)cc(Cl)c2)cc([N+](=O)[O-])c1. The summed E-state index contributed by atoms with van der Waals surface area (Å²) in [5.41, 5.74) is 0.502. The fourth-order valence-electron chi connectivity index (χ4n) is 1.62. The molecule has 1 N–H and O–H groups in total. The zero-order valence-corrected chi connectivity index (χ0v) is 11.9. The number of rotatable bonds is 4. The first kappa shape index (κ1) is 14.4. The fraction of sp³-hybridized carbons (Fsp3) is 0.0769. The van der Waals surface area contributed by atoms with Crippen molar-refractivity contribution >= 4 is 34.6 Å². The van der Waals surface area contributed by atoms with Gasteiger partial charge in [-0.1, -0.05) is 23.2 Å². The highest BCUT2D eigenvalue weighted by Gasteiger charge is 2.11. The molecule has 104 valence electrons. The number of benzene rings is 2. The van der Waals surface area contributed by atoms with Crippen molar-refractivity contribution in [1.29, 1.82) is 0 Å². The molecule has 2 rings (SSSR count). The van der Waals surface area contributed by atoms with Crippen LogP contribution in [-0.4, -0.2) is 12.0 Å². The lowest BCUT2D eigenvalue weighted by Crippen LogP contribution is -1.94. The molecule has 0 aliphatic heterocycles. The van der Waals surface area contributed by atoms with Crippen LogP contribution in [0.4, 0.5) is 11.4 Å². The summed E-state index contributed by atoms with van der Waals surface area (Å²) in [5.74, 6) is 0.729. The summed E-state index contributed by atoms with van der Waals surface area (Å²) < 4.78 is 5.56. The summed E-state index contributed by atoms with van der Waals surface area (Å²) in [4.78, 5) is 10.4. The normalized spacial score (nSPS) is 10.2. The van der Waals surface area contributed by atoms with E-state index in [1.54, 1.807) is 31.3 Å². The molecule has 0 atom stereocenters. The summed E-state index contributed by atoms with van der Waals surface area (Å²) in [5, 5.41) is 14.5. The van der Waals surface area contributed by atoms with E-state index in [-0.39, 0.29) is 5.69 Å². The monoisotopic (exact) mass is 312 g/mol. The van der Waals surface area contributed by atoms with Crippen LogP contribution < -0.4 is 10.1 Å². The Morgan fingerprint density at radius 2 is 1.65 bits per heavy atom. The Hall–Kier alpha value is -1.98. The van der Waals surface area contributed by atoms with Gasteiger partial charge < -0.3 is 10.1 Å². The second-order valence-electron chi connectivity index (χ2n) is 3.93. The maximum absolute atomic E-state index is 10.9. The summed E-state index contributed by atoms with van der Waals surface area (Å²) in [6.45, 7) is 0. The number of ether oxygens (including phenoxy) is 1. The number of hydrogen-bond donors (Lipinski definition) is 1. The quantitative estimate of drug-likeness (QED) is 0.654. The Morgan fingerprint density at radius 1 is 1.05 bits per heavy atom. The third-order valence-corrected chi connectivity index (χ3v) is 2.90. The van der Waals surface area contributed by atoms with Crippen molar-refractivity contribution in [2.75, 3.05) is 12.4 Å². The van der Waals surface area contributed by atoms with Gasteiger partial charge in [-0.25, -0.2) is 0 Å². The summed E-state index contributed by atoms with van der Waals surface area (Å²) in [6, 6.07) is 9.11. The molecule has 0 heterocycles. The van der Waals surface area contributed by atoms with Gasteiger partial charge in [0.1, 0.15) is 11.5 Å². The molecule has 5 nitrogen and oxygen atoms in total. The van der Waals surface area contributed by atoms with Gasteiger partial charge in [-0.15, -0.1) is 0 Å². The molecule has 0 radical (unpaired) electrons. The van der Waals surface area contributed by atoms with Gasteiger partial charge in [-0.3, -0.25) is 10.1 Å². The van der Waals surface area contributed by atoms with E-state index in [0.717, 1.165) is 0 Å². The molecule has 0 amide bonds. The predicted octanol–water partition coefficient (Wildman–Crippen LogP) is 4.74. The van der Waals surface area contributed by atoms with Gasteiger partial charge in [-0.05, 0) is 18.2 Å². The molecule has 0 fully saturated rings. The average Bonchev–Trinajstić information content (AvgIpc) is 2.36. The first-order chi connectivity index (χ1) is 9.47. The van der Waals surface area contributed by atoms with Gasteiger partial charge in [0.25, 0.3) is 5.69 Å². The van der Waals surface area contributed by atoms with Crippen LogP contribution in [0.15, 0.2) is 36.4 Å². The topological polar surface area (TPSA) is 64.4 Å². The Balaban J connectivity index is 2.37. The zero-order valence-electron chi connectivity index (χ0n) is 10.4. The van der Waals surface area contributed by atoms with E-state index in [2.05, 4.69) is 5.32 Å². The largest absolute Gasteiger partial charge is 0.457 e. The van der Waals surface area contributed by atoms with Gasteiger partial charge in [0.15, 0.2) is 0 Å². The van der Waals surface area contributed by atoms with Crippen LogP contribution >= 0.6 is 23.2 Å². The minimum absolute atomic E-state index is 0.0695. The third kappa shape index (κ3) is 3.53. The van der Waals surface area contributed by atoms with E-state index in [1.165, 1.54) is 12.1 Å². The van der Waals surface area contributed by atoms with Crippen molar-refractivity contribution in [2.24, 2.45) is 0 Å². The minimum atomic E-state index is -0.487. The summed E-state index contributed by atoms with van der Waals surface area (Å²) >= 11 is 11.7. The fourth-order valence-corrected chi connectivity index (χ4v) is 2.12. The molecular formula is C13H10Cl2N2O3. The maximum Gasteiger partial charge on any atom is 0.275 e. The van der Waals surface area contributed by atoms with Crippen LogP contribution in [0.3, 0.4) is 0 Å². The lowest BCUT2D eigenvalue weighted by atomic mass is 10.2. The molecule has 0 unspecified atom stereocenters. The predicted molar refractivity (Wildman–Crippen MR) is 79.2 cm³/mol. The van der Waals surface area contributed by atoms with E-state index in [9.17, 15) is 10.1 Å². The first-order valence-corrected chi connectivity index (χ1v) is 6.34. The Bertz CT molecular complexity index is 642. The molecule has 0 aliphatic rings. The van der Waals surface area contributed by atoms with E-state index in [0.29, 0.717) is 27.2 Å². The molecule has 0 saturated carbocycles. The Kier molecular flexibility index (Phi) is 4.32. The first-order valence-electron chi connectivity index (χ1n) is 5.59. The van der Waals surface area contributed by atoms with Gasteiger partial charge in [0.05, 0.1) is 11.0 Å². The zero-order chi connectivity index (χ0) is 14.7. The van der Waals surface area contributed by atoms with Crippen molar-refractivity contribution in [3.05, 3.63) is 56.6 Å². The van der Waals surface area contributed by atoms with Gasteiger partial charge in [0.2, 0.25) is 0 Å². The van der Waals surface area contributed by atoms with Crippen LogP contribution in [0.1, 0.15) is 0 Å². The van der Waals surface area contributed by atoms with Crippen molar-refractivity contribution in [3.8, 4) is 11.5 Å². The summed E-state index contributed by atoms with van der Waals surface area (Å²) in [6.07, 6.45) is 0. The number of nitro groups is 1. The molecule has 0 saturated heterocycles. The lowest BCUT2D eigenvalue weighted by Gasteiger charge is -2.08. The van der Waals surface area contributed by atoms with Crippen LogP contribution in [-0.2, 0) is 0 Å². The van der Waals surface area contributed by atoms with Gasteiger partial charge in [0, 0.05) is 34.9 Å². The maximum atomic E-state index is 10.9. The van der Waals surface area contributed by atoms with E-state index >= 15 is 0 Å². The van der Waals surface area contributed by atoms with Gasteiger partial charge >= 0.3 is 0 Å². The number of nitrogens with one attached hydrogen (secondary N) is 1. The number of non-ortho nitro benzene ring substituents is 1. The molecule has 0 aromatic heterocycles. The Labute approximate surface area is 125 Å². The van der Waals surface area contributed by atoms with E-state index < -0.39 is 4.92 Å². The molecule has 2 aromatic carbocycles. The van der Waals surface area contributed by atoms with Crippen molar-refractivity contribution in [3.63, 3.8) is 0 Å². The second-order valence-corrected chi connectivity index (χ2v) is 4.80. The van der Waals surface area contributed by atoms with Crippen LogP contribution in [0.5, 0.6) is 11.5 Å². The number of anilines is 1. The van der Waals surface area contributed by atoms with Crippen molar-refractivity contribution in [1.82, 2.24) is 0 Å².